The Morgan fingerprint density at radius 1 is 1.00 bits per heavy atom. The lowest BCUT2D eigenvalue weighted by Gasteiger charge is -1.98. The van der Waals surface area contributed by atoms with Crippen LogP contribution in [0.3, 0.4) is 0 Å². The quantitative estimate of drug-likeness (QED) is 0.384. The molecule has 0 amide bonds. The normalized spacial score (nSPS) is 8.73. The summed E-state index contributed by atoms with van der Waals surface area (Å²) in [5.74, 6) is 0. The zero-order chi connectivity index (χ0) is 8.95. The predicted molar refractivity (Wildman–Crippen MR) is 50.3 cm³/mol. The SMILES string of the molecule is CCN.NCCCNCCN. The molecule has 0 aromatic carbocycles. The van der Waals surface area contributed by atoms with Crippen LogP contribution in [0.15, 0.2) is 0 Å². The zero-order valence-corrected chi connectivity index (χ0v) is 7.47. The fourth-order valence-electron chi connectivity index (χ4n) is 0.454. The molecular formula is C7H22N4. The van der Waals surface area contributed by atoms with Gasteiger partial charge < -0.3 is 22.5 Å². The molecule has 0 saturated heterocycles. The van der Waals surface area contributed by atoms with Gasteiger partial charge in [-0.05, 0) is 26.1 Å². The van der Waals surface area contributed by atoms with Gasteiger partial charge in [-0.25, -0.2) is 0 Å². The Labute approximate surface area is 69.5 Å². The van der Waals surface area contributed by atoms with Gasteiger partial charge in [0.1, 0.15) is 0 Å². The van der Waals surface area contributed by atoms with Crippen LogP contribution in [0.5, 0.6) is 0 Å². The molecule has 0 aliphatic carbocycles. The number of hydrogen-bond donors (Lipinski definition) is 4. The molecule has 0 unspecified atom stereocenters. The second-order valence-corrected chi connectivity index (χ2v) is 2.09. The Bertz CT molecular complexity index is 43.7. The lowest BCUT2D eigenvalue weighted by Crippen LogP contribution is -2.24. The van der Waals surface area contributed by atoms with Crippen LogP contribution < -0.4 is 22.5 Å². The molecule has 0 atom stereocenters. The number of hydrogen-bond acceptors (Lipinski definition) is 4. The van der Waals surface area contributed by atoms with Crippen LogP contribution in [0.4, 0.5) is 0 Å². The van der Waals surface area contributed by atoms with Gasteiger partial charge in [-0.3, -0.25) is 0 Å². The Hall–Kier alpha value is -0.160. The first-order valence-corrected chi connectivity index (χ1v) is 4.14. The Morgan fingerprint density at radius 3 is 1.91 bits per heavy atom. The summed E-state index contributed by atoms with van der Waals surface area (Å²) in [5, 5.41) is 3.13. The third kappa shape index (κ3) is 25.8. The van der Waals surface area contributed by atoms with E-state index in [2.05, 4.69) is 5.32 Å². The standard InChI is InChI=1S/C5H15N3.C2H7N/c6-2-1-4-8-5-3-7;1-2-3/h8H,1-7H2;2-3H2,1H3. The molecule has 0 aromatic heterocycles. The van der Waals surface area contributed by atoms with Gasteiger partial charge in [-0.2, -0.15) is 0 Å². The molecule has 11 heavy (non-hydrogen) atoms. The van der Waals surface area contributed by atoms with Crippen LogP contribution in [0.25, 0.3) is 0 Å². The highest BCUT2D eigenvalue weighted by Crippen LogP contribution is 1.66. The monoisotopic (exact) mass is 162 g/mol. The summed E-state index contributed by atoms with van der Waals surface area (Å²) in [6.45, 7) is 6.02. The molecule has 0 bridgehead atoms. The van der Waals surface area contributed by atoms with E-state index in [1.54, 1.807) is 0 Å². The van der Waals surface area contributed by atoms with Crippen molar-refractivity contribution in [1.29, 1.82) is 0 Å². The van der Waals surface area contributed by atoms with Gasteiger partial charge in [-0.1, -0.05) is 6.92 Å². The fourth-order valence-corrected chi connectivity index (χ4v) is 0.454. The highest BCUT2D eigenvalue weighted by atomic mass is 14.9. The lowest BCUT2D eigenvalue weighted by atomic mass is 10.4. The van der Waals surface area contributed by atoms with Gasteiger partial charge in [0.05, 0.1) is 0 Å². The van der Waals surface area contributed by atoms with Gasteiger partial charge in [0, 0.05) is 13.1 Å². The fraction of sp³-hybridized carbons (Fsp3) is 1.00. The number of nitrogens with one attached hydrogen (secondary N) is 1. The van der Waals surface area contributed by atoms with E-state index in [0.29, 0.717) is 6.54 Å². The Morgan fingerprint density at radius 2 is 1.55 bits per heavy atom. The van der Waals surface area contributed by atoms with Crippen molar-refractivity contribution in [3.63, 3.8) is 0 Å². The maximum atomic E-state index is 5.24. The highest BCUT2D eigenvalue weighted by molar-refractivity contribution is 4.46. The first-order valence-electron chi connectivity index (χ1n) is 4.14. The first-order chi connectivity index (χ1) is 5.33. The predicted octanol–water partition coefficient (Wildman–Crippen LogP) is -1.15. The van der Waals surface area contributed by atoms with Gasteiger partial charge in [-0.15, -0.1) is 0 Å². The minimum Gasteiger partial charge on any atom is -0.331 e. The summed E-state index contributed by atoms with van der Waals surface area (Å²) >= 11 is 0. The molecule has 0 heterocycles. The molecule has 4 heteroatoms. The van der Waals surface area contributed by atoms with Gasteiger partial charge in [0.25, 0.3) is 0 Å². The average molecular weight is 162 g/mol. The molecule has 0 aliphatic rings. The van der Waals surface area contributed by atoms with Crippen molar-refractivity contribution in [3.05, 3.63) is 0 Å². The van der Waals surface area contributed by atoms with Crippen LogP contribution in [0.1, 0.15) is 13.3 Å². The van der Waals surface area contributed by atoms with Crippen molar-refractivity contribution in [3.8, 4) is 0 Å². The van der Waals surface area contributed by atoms with E-state index in [9.17, 15) is 0 Å². The Balaban J connectivity index is 0. The summed E-state index contributed by atoms with van der Waals surface area (Å²) in [5.41, 5.74) is 15.3. The van der Waals surface area contributed by atoms with E-state index in [1.165, 1.54) is 0 Å². The smallest absolute Gasteiger partial charge is 0.00745 e. The van der Waals surface area contributed by atoms with Crippen molar-refractivity contribution >= 4 is 0 Å². The van der Waals surface area contributed by atoms with Crippen molar-refractivity contribution in [2.75, 3.05) is 32.7 Å². The summed E-state index contributed by atoms with van der Waals surface area (Å²) in [7, 11) is 0. The Kier molecular flexibility index (Phi) is 20.1. The molecule has 0 aliphatic heterocycles. The molecule has 70 valence electrons. The highest BCUT2D eigenvalue weighted by Gasteiger charge is 1.80. The van der Waals surface area contributed by atoms with E-state index in [1.807, 2.05) is 6.92 Å². The molecule has 0 saturated carbocycles. The van der Waals surface area contributed by atoms with Crippen molar-refractivity contribution < 1.29 is 0 Å². The number of nitrogens with two attached hydrogens (primary N) is 3. The molecule has 0 radical (unpaired) electrons. The third-order valence-corrected chi connectivity index (χ3v) is 0.879. The van der Waals surface area contributed by atoms with Crippen LogP contribution >= 0.6 is 0 Å². The summed E-state index contributed by atoms with van der Waals surface area (Å²) in [4.78, 5) is 0. The van der Waals surface area contributed by atoms with E-state index in [0.717, 1.165) is 32.6 Å². The van der Waals surface area contributed by atoms with Crippen LogP contribution in [0, 0.1) is 0 Å². The molecule has 7 N–H and O–H groups in total. The molecule has 4 nitrogen and oxygen atoms in total. The summed E-state index contributed by atoms with van der Waals surface area (Å²) in [6.07, 6.45) is 1.04. The van der Waals surface area contributed by atoms with Crippen LogP contribution in [0.2, 0.25) is 0 Å². The van der Waals surface area contributed by atoms with Gasteiger partial charge in [0.15, 0.2) is 0 Å². The first kappa shape index (κ1) is 13.4. The largest absolute Gasteiger partial charge is 0.331 e. The summed E-state index contributed by atoms with van der Waals surface area (Å²) in [6, 6.07) is 0. The van der Waals surface area contributed by atoms with Crippen molar-refractivity contribution in [2.45, 2.75) is 13.3 Å². The minimum absolute atomic E-state index is 0.713. The molecular weight excluding hydrogens is 140 g/mol. The minimum atomic E-state index is 0.713. The van der Waals surface area contributed by atoms with E-state index >= 15 is 0 Å². The second kappa shape index (κ2) is 16.4. The van der Waals surface area contributed by atoms with Gasteiger partial charge >= 0.3 is 0 Å². The van der Waals surface area contributed by atoms with Crippen LogP contribution in [-0.4, -0.2) is 32.7 Å². The van der Waals surface area contributed by atoms with E-state index in [4.69, 9.17) is 17.2 Å². The van der Waals surface area contributed by atoms with Crippen molar-refractivity contribution in [1.82, 2.24) is 5.32 Å². The second-order valence-electron chi connectivity index (χ2n) is 2.09. The summed E-state index contributed by atoms with van der Waals surface area (Å²) < 4.78 is 0. The number of rotatable bonds is 5. The molecule has 0 aromatic rings. The maximum Gasteiger partial charge on any atom is 0.00745 e. The molecule has 0 rings (SSSR count). The average Bonchev–Trinajstić information content (AvgIpc) is 2.00. The maximum absolute atomic E-state index is 5.24. The van der Waals surface area contributed by atoms with Crippen molar-refractivity contribution in [2.24, 2.45) is 17.2 Å². The van der Waals surface area contributed by atoms with E-state index in [-0.39, 0.29) is 0 Å². The van der Waals surface area contributed by atoms with E-state index < -0.39 is 0 Å². The van der Waals surface area contributed by atoms with Crippen LogP contribution in [-0.2, 0) is 0 Å². The molecule has 0 fully saturated rings. The third-order valence-electron chi connectivity index (χ3n) is 0.879. The lowest BCUT2D eigenvalue weighted by molar-refractivity contribution is 0.659. The topological polar surface area (TPSA) is 90.1 Å². The zero-order valence-electron chi connectivity index (χ0n) is 7.47. The molecule has 0 spiro atoms. The van der Waals surface area contributed by atoms with Gasteiger partial charge in [0.2, 0.25) is 0 Å².